The zero-order valence-electron chi connectivity index (χ0n) is 12.1. The van der Waals surface area contributed by atoms with Gasteiger partial charge in [-0.3, -0.25) is 0 Å². The molecule has 2 atom stereocenters. The predicted octanol–water partition coefficient (Wildman–Crippen LogP) is 1.51. The molecule has 1 aliphatic rings. The lowest BCUT2D eigenvalue weighted by atomic mass is 9.98. The number of nitrogens with zero attached hydrogens (tertiary/aromatic N) is 1. The average molecular weight is 332 g/mol. The molecule has 0 spiro atoms. The van der Waals surface area contributed by atoms with E-state index in [1.54, 1.807) is 6.07 Å². The van der Waals surface area contributed by atoms with Crippen LogP contribution in [0.3, 0.4) is 0 Å². The van der Waals surface area contributed by atoms with E-state index in [-0.39, 0.29) is 11.8 Å². The van der Waals surface area contributed by atoms with E-state index in [1.807, 2.05) is 12.1 Å². The van der Waals surface area contributed by atoms with Gasteiger partial charge in [0.1, 0.15) is 9.84 Å². The van der Waals surface area contributed by atoms with E-state index in [1.165, 1.54) is 6.26 Å². The lowest BCUT2D eigenvalue weighted by Crippen LogP contribution is -2.34. The summed E-state index contributed by atoms with van der Waals surface area (Å²) in [6, 6.07) is 5.39. The van der Waals surface area contributed by atoms with Gasteiger partial charge in [-0.15, -0.1) is 0 Å². The number of hydrogen-bond acceptors (Lipinski definition) is 5. The monoisotopic (exact) mass is 331 g/mol. The normalized spacial score (nSPS) is 20.7. The number of sulfone groups is 1. The Labute approximate surface area is 131 Å². The van der Waals surface area contributed by atoms with Crippen molar-refractivity contribution in [2.75, 3.05) is 35.7 Å². The smallest absolute Gasteiger partial charge is 0.147 e. The van der Waals surface area contributed by atoms with E-state index in [0.29, 0.717) is 23.0 Å². The first-order chi connectivity index (χ1) is 9.76. The summed E-state index contributed by atoms with van der Waals surface area (Å²) in [4.78, 5) is 2.19. The van der Waals surface area contributed by atoms with Crippen molar-refractivity contribution in [3.63, 3.8) is 0 Å². The van der Waals surface area contributed by atoms with Crippen molar-refractivity contribution in [1.29, 1.82) is 0 Å². The molecule has 7 heteroatoms. The molecule has 1 fully saturated rings. The highest BCUT2D eigenvalue weighted by atomic mass is 35.5. The fourth-order valence-electron chi connectivity index (χ4n) is 2.72. The molecule has 5 nitrogen and oxygen atoms in total. The Morgan fingerprint density at radius 2 is 2.19 bits per heavy atom. The molecule has 0 amide bonds. The zero-order valence-corrected chi connectivity index (χ0v) is 13.7. The summed E-state index contributed by atoms with van der Waals surface area (Å²) in [6.45, 7) is 1.68. The maximum Gasteiger partial charge on any atom is 0.147 e. The van der Waals surface area contributed by atoms with Gasteiger partial charge < -0.3 is 16.4 Å². The Hall–Kier alpha value is -0.980. The number of halogens is 1. The first-order valence-corrected chi connectivity index (χ1v) is 9.43. The van der Waals surface area contributed by atoms with Crippen LogP contribution in [0.2, 0.25) is 5.02 Å². The standard InChI is InChI=1S/C14H22ClN3O2S/c1-21(19,20)7-5-13(17)10-4-6-18(9-10)14-3-2-11(16)8-12(14)15/h2-3,8,10,13H,4-7,9,16-17H2,1H3/t10-,13?/m1/s1. The molecule has 2 rings (SSSR count). The van der Waals surface area contributed by atoms with Crippen LogP contribution >= 0.6 is 11.6 Å². The van der Waals surface area contributed by atoms with Gasteiger partial charge in [0.15, 0.2) is 0 Å². The molecule has 1 aliphatic heterocycles. The fourth-order valence-corrected chi connectivity index (χ4v) is 3.73. The molecular weight excluding hydrogens is 310 g/mol. The highest BCUT2D eigenvalue weighted by Gasteiger charge is 2.28. The third kappa shape index (κ3) is 4.49. The Balaban J connectivity index is 1.97. The summed E-state index contributed by atoms with van der Waals surface area (Å²) in [5.74, 6) is 0.438. The molecule has 21 heavy (non-hydrogen) atoms. The molecule has 1 aromatic carbocycles. The van der Waals surface area contributed by atoms with Crippen molar-refractivity contribution in [3.8, 4) is 0 Å². The summed E-state index contributed by atoms with van der Waals surface area (Å²) in [6.07, 6.45) is 2.70. The van der Waals surface area contributed by atoms with Crippen LogP contribution in [0, 0.1) is 5.92 Å². The number of nitrogen functional groups attached to an aromatic ring is 1. The molecule has 1 saturated heterocycles. The van der Waals surface area contributed by atoms with Crippen molar-refractivity contribution >= 4 is 32.8 Å². The van der Waals surface area contributed by atoms with Crippen LogP contribution < -0.4 is 16.4 Å². The van der Waals surface area contributed by atoms with E-state index in [2.05, 4.69) is 4.90 Å². The minimum atomic E-state index is -2.95. The number of anilines is 2. The molecule has 1 unspecified atom stereocenters. The molecule has 0 saturated carbocycles. The molecule has 0 radical (unpaired) electrons. The molecular formula is C14H22ClN3O2S. The van der Waals surface area contributed by atoms with Gasteiger partial charge in [-0.1, -0.05) is 11.6 Å². The third-order valence-electron chi connectivity index (χ3n) is 3.96. The lowest BCUT2D eigenvalue weighted by Gasteiger charge is -2.22. The average Bonchev–Trinajstić information content (AvgIpc) is 2.84. The zero-order chi connectivity index (χ0) is 15.6. The minimum Gasteiger partial charge on any atom is -0.399 e. The Morgan fingerprint density at radius 3 is 2.81 bits per heavy atom. The van der Waals surface area contributed by atoms with E-state index >= 15 is 0 Å². The topological polar surface area (TPSA) is 89.4 Å². The summed E-state index contributed by atoms with van der Waals surface area (Å²) in [5, 5.41) is 0.639. The second-order valence-corrected chi connectivity index (χ2v) is 8.45. The summed E-state index contributed by atoms with van der Waals surface area (Å²) in [5.41, 5.74) is 13.5. The van der Waals surface area contributed by atoms with Crippen LogP contribution in [0.5, 0.6) is 0 Å². The van der Waals surface area contributed by atoms with Crippen LogP contribution in [-0.2, 0) is 9.84 Å². The Morgan fingerprint density at radius 1 is 1.48 bits per heavy atom. The third-order valence-corrected chi connectivity index (χ3v) is 5.24. The quantitative estimate of drug-likeness (QED) is 0.798. The van der Waals surface area contributed by atoms with Crippen LogP contribution in [0.15, 0.2) is 18.2 Å². The minimum absolute atomic E-state index is 0.0997. The maximum atomic E-state index is 11.2. The largest absolute Gasteiger partial charge is 0.399 e. The first-order valence-electron chi connectivity index (χ1n) is 6.99. The highest BCUT2D eigenvalue weighted by molar-refractivity contribution is 7.90. The Bertz CT molecular complexity index is 606. The predicted molar refractivity (Wildman–Crippen MR) is 88.5 cm³/mol. The number of hydrogen-bond donors (Lipinski definition) is 2. The van der Waals surface area contributed by atoms with E-state index in [4.69, 9.17) is 23.1 Å². The van der Waals surface area contributed by atoms with Gasteiger partial charge in [-0.25, -0.2) is 8.42 Å². The van der Waals surface area contributed by atoms with Crippen molar-refractivity contribution < 1.29 is 8.42 Å². The maximum absolute atomic E-state index is 11.2. The van der Waals surface area contributed by atoms with Crippen LogP contribution in [0.1, 0.15) is 12.8 Å². The molecule has 0 aromatic heterocycles. The van der Waals surface area contributed by atoms with E-state index in [9.17, 15) is 8.42 Å². The van der Waals surface area contributed by atoms with Crippen molar-refractivity contribution in [1.82, 2.24) is 0 Å². The fraction of sp³-hybridized carbons (Fsp3) is 0.571. The van der Waals surface area contributed by atoms with Crippen molar-refractivity contribution in [3.05, 3.63) is 23.2 Å². The van der Waals surface area contributed by atoms with Gasteiger partial charge >= 0.3 is 0 Å². The number of benzene rings is 1. The van der Waals surface area contributed by atoms with Gasteiger partial charge in [0.2, 0.25) is 0 Å². The van der Waals surface area contributed by atoms with Crippen molar-refractivity contribution in [2.45, 2.75) is 18.9 Å². The number of nitrogens with two attached hydrogens (primary N) is 2. The molecule has 1 aromatic rings. The lowest BCUT2D eigenvalue weighted by molar-refractivity contribution is 0.446. The van der Waals surface area contributed by atoms with Gasteiger partial charge in [-0.05, 0) is 37.0 Å². The Kier molecular flexibility index (Phi) is 5.01. The molecule has 1 heterocycles. The first kappa shape index (κ1) is 16.4. The van der Waals surface area contributed by atoms with E-state index in [0.717, 1.165) is 25.2 Å². The number of rotatable bonds is 5. The SMILES string of the molecule is CS(=O)(=O)CCC(N)[C@@H]1CCN(c2ccc(N)cc2Cl)C1. The van der Waals surface area contributed by atoms with Gasteiger partial charge in [0, 0.05) is 31.1 Å². The summed E-state index contributed by atoms with van der Waals surface area (Å²) in [7, 11) is -2.95. The second-order valence-electron chi connectivity index (χ2n) is 5.79. The second kappa shape index (κ2) is 6.42. The van der Waals surface area contributed by atoms with Gasteiger partial charge in [0.25, 0.3) is 0 Å². The van der Waals surface area contributed by atoms with Crippen molar-refractivity contribution in [2.24, 2.45) is 11.7 Å². The summed E-state index contributed by atoms with van der Waals surface area (Å²) >= 11 is 6.23. The van der Waals surface area contributed by atoms with Crippen LogP contribution in [-0.4, -0.2) is 39.6 Å². The van der Waals surface area contributed by atoms with E-state index < -0.39 is 9.84 Å². The van der Waals surface area contributed by atoms with Gasteiger partial charge in [-0.2, -0.15) is 0 Å². The molecule has 0 bridgehead atoms. The van der Waals surface area contributed by atoms with Gasteiger partial charge in [0.05, 0.1) is 16.5 Å². The van der Waals surface area contributed by atoms with Crippen LogP contribution in [0.4, 0.5) is 11.4 Å². The molecule has 4 N–H and O–H groups in total. The van der Waals surface area contributed by atoms with Crippen LogP contribution in [0.25, 0.3) is 0 Å². The highest BCUT2D eigenvalue weighted by Crippen LogP contribution is 2.32. The molecule has 0 aliphatic carbocycles. The molecule has 118 valence electrons. The summed E-state index contributed by atoms with van der Waals surface area (Å²) < 4.78 is 22.4.